The Hall–Kier alpha value is -1.71. The highest BCUT2D eigenvalue weighted by molar-refractivity contribution is 6.61. The lowest BCUT2D eigenvalue weighted by Gasteiger charge is -2.00. The van der Waals surface area contributed by atoms with E-state index in [4.69, 9.17) is 17.1 Å². The summed E-state index contributed by atoms with van der Waals surface area (Å²) in [4.78, 5) is 12.9. The number of halogens is 1. The summed E-state index contributed by atoms with van der Waals surface area (Å²) >= 11 is 4.98. The van der Waals surface area contributed by atoms with Gasteiger partial charge in [0.15, 0.2) is 0 Å². The summed E-state index contributed by atoms with van der Waals surface area (Å²) in [6.07, 6.45) is 0. The normalized spacial score (nSPS) is 8.93. The van der Waals surface area contributed by atoms with E-state index in [-0.39, 0.29) is 6.61 Å². The van der Waals surface area contributed by atoms with E-state index in [1.807, 2.05) is 0 Å². The molecule has 0 spiro atoms. The molecular weight excluding hydrogens is 206 g/mol. The highest BCUT2D eigenvalue weighted by Crippen LogP contribution is 2.13. The van der Waals surface area contributed by atoms with Crippen molar-refractivity contribution in [2.24, 2.45) is 5.11 Å². The average Bonchev–Trinajstić information content (AvgIpc) is 2.17. The van der Waals surface area contributed by atoms with Crippen LogP contribution in [0.5, 0.6) is 0 Å². The van der Waals surface area contributed by atoms with Gasteiger partial charge in [0.2, 0.25) is 0 Å². The molecule has 0 aliphatic heterocycles. The minimum absolute atomic E-state index is 0.110. The van der Waals surface area contributed by atoms with E-state index in [9.17, 15) is 4.79 Å². The fraction of sp³-hybridized carbons (Fsp3) is 0.125. The number of benzene rings is 1. The molecule has 0 atom stereocenters. The van der Waals surface area contributed by atoms with Crippen LogP contribution < -0.4 is 0 Å². The van der Waals surface area contributed by atoms with Gasteiger partial charge in [-0.3, -0.25) is 0 Å². The smallest absolute Gasteiger partial charge is 0.404 e. The van der Waals surface area contributed by atoms with Gasteiger partial charge in [0.05, 0.1) is 0 Å². The predicted octanol–water partition coefficient (Wildman–Crippen LogP) is 3.50. The number of carbonyl (C=O) groups excluding carboxylic acids is 1. The molecule has 0 aliphatic rings. The first-order chi connectivity index (χ1) is 6.72. The summed E-state index contributed by atoms with van der Waals surface area (Å²) in [5.41, 5.74) is 8.58. The lowest BCUT2D eigenvalue weighted by molar-refractivity contribution is 0.167. The van der Waals surface area contributed by atoms with Crippen LogP contribution in [0, 0.1) is 0 Å². The number of hydrogen-bond acceptors (Lipinski definition) is 3. The van der Waals surface area contributed by atoms with Crippen molar-refractivity contribution in [2.45, 2.75) is 6.61 Å². The van der Waals surface area contributed by atoms with Crippen molar-refractivity contribution in [1.29, 1.82) is 0 Å². The van der Waals surface area contributed by atoms with Gasteiger partial charge in [-0.25, -0.2) is 4.79 Å². The molecule has 0 unspecified atom stereocenters. The lowest BCUT2D eigenvalue weighted by Crippen LogP contribution is -1.93. The van der Waals surface area contributed by atoms with Crippen LogP contribution in [0.2, 0.25) is 0 Å². The van der Waals surface area contributed by atoms with Crippen molar-refractivity contribution in [3.05, 3.63) is 40.3 Å². The van der Waals surface area contributed by atoms with Crippen LogP contribution in [0.1, 0.15) is 5.56 Å². The quantitative estimate of drug-likeness (QED) is 0.332. The largest absolute Gasteiger partial charge is 0.449 e. The molecule has 0 radical (unpaired) electrons. The summed E-state index contributed by atoms with van der Waals surface area (Å²) in [5, 5.41) is 3.39. The summed E-state index contributed by atoms with van der Waals surface area (Å²) in [6, 6.07) is 6.61. The summed E-state index contributed by atoms with van der Waals surface area (Å²) in [6.45, 7) is 0.110. The first-order valence-electron chi connectivity index (χ1n) is 3.68. The second kappa shape index (κ2) is 5.11. The zero-order valence-electron chi connectivity index (χ0n) is 7.05. The molecule has 0 amide bonds. The number of azide groups is 1. The second-order valence-electron chi connectivity index (χ2n) is 2.38. The Bertz CT molecular complexity index is 371. The van der Waals surface area contributed by atoms with Crippen molar-refractivity contribution in [1.82, 2.24) is 0 Å². The van der Waals surface area contributed by atoms with Gasteiger partial charge in [-0.05, 0) is 11.1 Å². The molecule has 6 heteroatoms. The first-order valence-corrected chi connectivity index (χ1v) is 4.06. The standard InChI is InChI=1S/C8H6ClN3O2/c9-8(13)14-5-6-1-3-7(4-2-6)11-12-10/h1-4H,5H2. The molecular formula is C8H6ClN3O2. The maximum absolute atomic E-state index is 10.3. The molecule has 1 aromatic rings. The number of nitrogens with zero attached hydrogens (tertiary/aromatic N) is 3. The zero-order valence-corrected chi connectivity index (χ0v) is 7.81. The molecule has 1 aromatic carbocycles. The van der Waals surface area contributed by atoms with Crippen LogP contribution in [0.25, 0.3) is 10.4 Å². The predicted molar refractivity (Wildman–Crippen MR) is 51.3 cm³/mol. The van der Waals surface area contributed by atoms with Gasteiger partial charge < -0.3 is 4.74 Å². The SMILES string of the molecule is [N-]=[N+]=Nc1ccc(COC(=O)Cl)cc1. The van der Waals surface area contributed by atoms with Crippen LogP contribution in [0.4, 0.5) is 10.5 Å². The van der Waals surface area contributed by atoms with Crippen LogP contribution in [0.3, 0.4) is 0 Å². The maximum Gasteiger partial charge on any atom is 0.404 e. The Morgan fingerprint density at radius 1 is 1.50 bits per heavy atom. The third-order valence-electron chi connectivity index (χ3n) is 1.45. The average molecular weight is 212 g/mol. The molecule has 14 heavy (non-hydrogen) atoms. The first kappa shape index (κ1) is 10.4. The molecule has 0 heterocycles. The monoisotopic (exact) mass is 211 g/mol. The van der Waals surface area contributed by atoms with Crippen molar-refractivity contribution in [3.8, 4) is 0 Å². The Labute approximate surface area is 84.9 Å². The summed E-state index contributed by atoms with van der Waals surface area (Å²) in [5.74, 6) is 0. The summed E-state index contributed by atoms with van der Waals surface area (Å²) < 4.78 is 4.55. The summed E-state index contributed by atoms with van der Waals surface area (Å²) in [7, 11) is 0. The van der Waals surface area contributed by atoms with Crippen molar-refractivity contribution in [3.63, 3.8) is 0 Å². The van der Waals surface area contributed by atoms with Gasteiger partial charge in [-0.2, -0.15) is 0 Å². The van der Waals surface area contributed by atoms with Gasteiger partial charge >= 0.3 is 5.43 Å². The Morgan fingerprint density at radius 2 is 2.14 bits per heavy atom. The van der Waals surface area contributed by atoms with E-state index in [0.29, 0.717) is 5.69 Å². The van der Waals surface area contributed by atoms with Crippen molar-refractivity contribution < 1.29 is 9.53 Å². The minimum atomic E-state index is -0.843. The van der Waals surface area contributed by atoms with Gasteiger partial charge in [-0.15, -0.1) is 0 Å². The topological polar surface area (TPSA) is 75.1 Å². The number of ether oxygens (including phenoxy) is 1. The van der Waals surface area contributed by atoms with E-state index < -0.39 is 5.43 Å². The van der Waals surface area contributed by atoms with Gasteiger partial charge in [0, 0.05) is 22.2 Å². The number of hydrogen-bond donors (Lipinski definition) is 0. The molecule has 0 saturated carbocycles. The van der Waals surface area contributed by atoms with Crippen LogP contribution >= 0.6 is 11.6 Å². The van der Waals surface area contributed by atoms with Crippen LogP contribution in [-0.4, -0.2) is 5.43 Å². The Morgan fingerprint density at radius 3 is 2.64 bits per heavy atom. The fourth-order valence-electron chi connectivity index (χ4n) is 0.851. The van der Waals surface area contributed by atoms with Gasteiger partial charge in [-0.1, -0.05) is 29.4 Å². The molecule has 1 rings (SSSR count). The minimum Gasteiger partial charge on any atom is -0.449 e. The second-order valence-corrected chi connectivity index (χ2v) is 2.69. The van der Waals surface area contributed by atoms with Crippen LogP contribution in [-0.2, 0) is 11.3 Å². The highest BCUT2D eigenvalue weighted by Gasteiger charge is 1.97. The maximum atomic E-state index is 10.3. The molecule has 0 aliphatic carbocycles. The fourth-order valence-corrected chi connectivity index (χ4v) is 0.905. The Kier molecular flexibility index (Phi) is 3.79. The van der Waals surface area contributed by atoms with Crippen molar-refractivity contribution in [2.75, 3.05) is 0 Å². The van der Waals surface area contributed by atoms with Gasteiger partial charge in [0.1, 0.15) is 6.61 Å². The third-order valence-corrected chi connectivity index (χ3v) is 1.56. The van der Waals surface area contributed by atoms with Crippen molar-refractivity contribution >= 4 is 22.7 Å². The molecule has 72 valence electrons. The third kappa shape index (κ3) is 3.35. The lowest BCUT2D eigenvalue weighted by atomic mass is 10.2. The number of carbonyl (C=O) groups is 1. The number of rotatable bonds is 3. The molecule has 0 bridgehead atoms. The van der Waals surface area contributed by atoms with E-state index in [2.05, 4.69) is 14.8 Å². The molecule has 0 saturated heterocycles. The highest BCUT2D eigenvalue weighted by atomic mass is 35.5. The van der Waals surface area contributed by atoms with E-state index in [0.717, 1.165) is 5.56 Å². The van der Waals surface area contributed by atoms with E-state index in [1.54, 1.807) is 24.3 Å². The molecule has 5 nitrogen and oxygen atoms in total. The van der Waals surface area contributed by atoms with E-state index >= 15 is 0 Å². The zero-order chi connectivity index (χ0) is 10.4. The molecule has 0 fully saturated rings. The Balaban J connectivity index is 2.63. The molecule has 0 aromatic heterocycles. The van der Waals surface area contributed by atoms with Gasteiger partial charge in [0.25, 0.3) is 0 Å². The van der Waals surface area contributed by atoms with Crippen LogP contribution in [0.15, 0.2) is 29.4 Å². The van der Waals surface area contributed by atoms with E-state index in [1.165, 1.54) is 0 Å². The molecule has 0 N–H and O–H groups in total.